The molecule has 0 aliphatic carbocycles. The summed E-state index contributed by atoms with van der Waals surface area (Å²) in [4.78, 5) is 11.7. The average Bonchev–Trinajstić information content (AvgIpc) is 2.29. The fourth-order valence-electron chi connectivity index (χ4n) is 1.91. The van der Waals surface area contributed by atoms with Gasteiger partial charge in [0.25, 0.3) is 0 Å². The third-order valence-electron chi connectivity index (χ3n) is 3.35. The molecule has 1 heterocycles. The van der Waals surface area contributed by atoms with E-state index in [2.05, 4.69) is 17.6 Å². The van der Waals surface area contributed by atoms with Crippen molar-refractivity contribution in [3.8, 4) is 0 Å². The van der Waals surface area contributed by atoms with Crippen molar-refractivity contribution in [2.24, 2.45) is 5.92 Å². The van der Waals surface area contributed by atoms with Gasteiger partial charge in [-0.25, -0.2) is 0 Å². The number of carbonyl (C=O) groups is 1. The van der Waals surface area contributed by atoms with E-state index in [-0.39, 0.29) is 12.0 Å². The largest absolute Gasteiger partial charge is 0.382 e. The first-order valence-corrected chi connectivity index (χ1v) is 6.16. The average molecular weight is 228 g/mol. The van der Waals surface area contributed by atoms with E-state index >= 15 is 0 Å². The molecule has 0 aromatic heterocycles. The molecule has 1 rings (SSSR count). The number of ether oxygens (including phenoxy) is 1. The van der Waals surface area contributed by atoms with E-state index in [1.165, 1.54) is 0 Å². The van der Waals surface area contributed by atoms with Crippen LogP contribution < -0.4 is 10.6 Å². The van der Waals surface area contributed by atoms with Gasteiger partial charge < -0.3 is 15.4 Å². The van der Waals surface area contributed by atoms with Gasteiger partial charge in [0.2, 0.25) is 5.91 Å². The maximum Gasteiger partial charge on any atom is 0.220 e. The van der Waals surface area contributed by atoms with Crippen LogP contribution in [0.1, 0.15) is 33.1 Å². The van der Waals surface area contributed by atoms with E-state index in [9.17, 15) is 4.79 Å². The fourth-order valence-corrected chi connectivity index (χ4v) is 1.91. The summed E-state index contributed by atoms with van der Waals surface area (Å²) in [6.07, 6.45) is 2.64. The molecule has 0 spiro atoms. The Hall–Kier alpha value is -0.610. The van der Waals surface area contributed by atoms with Gasteiger partial charge in [-0.2, -0.15) is 0 Å². The van der Waals surface area contributed by atoms with Crippen molar-refractivity contribution in [1.29, 1.82) is 0 Å². The first-order valence-electron chi connectivity index (χ1n) is 6.16. The number of hydrogen-bond acceptors (Lipinski definition) is 3. The summed E-state index contributed by atoms with van der Waals surface area (Å²) in [5, 5.41) is 6.40. The highest BCUT2D eigenvalue weighted by Gasteiger charge is 2.22. The zero-order valence-corrected chi connectivity index (χ0v) is 10.6. The quantitative estimate of drug-likeness (QED) is 0.735. The van der Waals surface area contributed by atoms with Crippen LogP contribution in [0.15, 0.2) is 0 Å². The van der Waals surface area contributed by atoms with E-state index in [1.807, 2.05) is 6.92 Å². The predicted molar refractivity (Wildman–Crippen MR) is 64.3 cm³/mol. The Morgan fingerprint density at radius 2 is 2.38 bits per heavy atom. The van der Waals surface area contributed by atoms with Crippen LogP contribution in [0.2, 0.25) is 0 Å². The van der Waals surface area contributed by atoms with E-state index in [4.69, 9.17) is 4.74 Å². The summed E-state index contributed by atoms with van der Waals surface area (Å²) < 4.78 is 5.12. The number of hydrogen-bond donors (Lipinski definition) is 2. The Morgan fingerprint density at radius 1 is 1.62 bits per heavy atom. The molecule has 1 fully saturated rings. The number of piperidine rings is 1. The highest BCUT2D eigenvalue weighted by atomic mass is 16.5. The van der Waals surface area contributed by atoms with Crippen LogP contribution in [0, 0.1) is 5.92 Å². The second kappa shape index (κ2) is 6.86. The Labute approximate surface area is 98.1 Å². The van der Waals surface area contributed by atoms with Crippen molar-refractivity contribution in [2.75, 3.05) is 20.2 Å². The van der Waals surface area contributed by atoms with Gasteiger partial charge in [-0.15, -0.1) is 0 Å². The number of methoxy groups -OCH3 is 1. The molecule has 4 nitrogen and oxygen atoms in total. The van der Waals surface area contributed by atoms with Gasteiger partial charge in [-0.1, -0.05) is 6.92 Å². The van der Waals surface area contributed by atoms with Crippen molar-refractivity contribution in [3.63, 3.8) is 0 Å². The molecule has 3 atom stereocenters. The molecule has 94 valence electrons. The predicted octanol–water partition coefficient (Wildman–Crippen LogP) is 0.916. The van der Waals surface area contributed by atoms with Crippen LogP contribution in [0.3, 0.4) is 0 Å². The first-order chi connectivity index (χ1) is 7.63. The molecule has 4 heteroatoms. The maximum atomic E-state index is 11.7. The topological polar surface area (TPSA) is 50.4 Å². The number of amides is 1. The lowest BCUT2D eigenvalue weighted by Gasteiger charge is -2.30. The lowest BCUT2D eigenvalue weighted by Crippen LogP contribution is -2.50. The molecular weight excluding hydrogens is 204 g/mol. The summed E-state index contributed by atoms with van der Waals surface area (Å²) in [5.41, 5.74) is 0. The molecule has 0 bridgehead atoms. The second-order valence-corrected chi connectivity index (χ2v) is 4.73. The van der Waals surface area contributed by atoms with Gasteiger partial charge in [0.15, 0.2) is 0 Å². The van der Waals surface area contributed by atoms with Crippen LogP contribution in [0.25, 0.3) is 0 Å². The number of nitrogens with one attached hydrogen (secondary N) is 2. The third kappa shape index (κ3) is 4.49. The first kappa shape index (κ1) is 13.5. The third-order valence-corrected chi connectivity index (χ3v) is 3.35. The Bertz CT molecular complexity index is 221. The number of carbonyl (C=O) groups excluding carboxylic acids is 1. The zero-order chi connectivity index (χ0) is 12.0. The summed E-state index contributed by atoms with van der Waals surface area (Å²) in [5.74, 6) is 0.717. The molecule has 1 saturated heterocycles. The molecule has 0 aromatic rings. The van der Waals surface area contributed by atoms with Crippen molar-refractivity contribution in [3.05, 3.63) is 0 Å². The van der Waals surface area contributed by atoms with Crippen LogP contribution in [0.5, 0.6) is 0 Å². The summed E-state index contributed by atoms with van der Waals surface area (Å²) in [6.45, 7) is 6.14. The lowest BCUT2D eigenvalue weighted by atomic mass is 9.94. The summed E-state index contributed by atoms with van der Waals surface area (Å²) >= 11 is 0. The molecule has 0 aromatic carbocycles. The smallest absolute Gasteiger partial charge is 0.220 e. The Kier molecular flexibility index (Phi) is 5.77. The van der Waals surface area contributed by atoms with E-state index in [0.717, 1.165) is 25.9 Å². The normalized spacial score (nSPS) is 27.4. The van der Waals surface area contributed by atoms with Crippen LogP contribution >= 0.6 is 0 Å². The molecule has 1 amide bonds. The maximum absolute atomic E-state index is 11.7. The molecule has 1 aliphatic heterocycles. The minimum atomic E-state index is 0.143. The van der Waals surface area contributed by atoms with Crippen LogP contribution in [0.4, 0.5) is 0 Å². The van der Waals surface area contributed by atoms with Crippen molar-refractivity contribution in [1.82, 2.24) is 10.6 Å². The van der Waals surface area contributed by atoms with Gasteiger partial charge in [-0.05, 0) is 32.2 Å². The highest BCUT2D eigenvalue weighted by molar-refractivity contribution is 5.76. The van der Waals surface area contributed by atoms with Gasteiger partial charge in [0, 0.05) is 26.1 Å². The van der Waals surface area contributed by atoms with E-state index in [0.29, 0.717) is 18.4 Å². The summed E-state index contributed by atoms with van der Waals surface area (Å²) in [7, 11) is 1.68. The summed E-state index contributed by atoms with van der Waals surface area (Å²) in [6, 6.07) is 0.291. The number of rotatable bonds is 5. The molecule has 16 heavy (non-hydrogen) atoms. The van der Waals surface area contributed by atoms with Gasteiger partial charge in [-0.3, -0.25) is 4.79 Å². The molecule has 2 N–H and O–H groups in total. The van der Waals surface area contributed by atoms with Gasteiger partial charge in [0.1, 0.15) is 0 Å². The lowest BCUT2D eigenvalue weighted by molar-refractivity contribution is -0.122. The van der Waals surface area contributed by atoms with Crippen LogP contribution in [-0.2, 0) is 9.53 Å². The second-order valence-electron chi connectivity index (χ2n) is 4.73. The van der Waals surface area contributed by atoms with Crippen molar-refractivity contribution in [2.45, 2.75) is 45.3 Å². The standard InChI is InChI=1S/C12H24N2O2/c1-9-6-7-13-8-11(9)14-12(15)5-4-10(2)16-3/h9-11,13H,4-8H2,1-3H3,(H,14,15). The Balaban J connectivity index is 2.22. The SMILES string of the molecule is COC(C)CCC(=O)NC1CNCCC1C. The van der Waals surface area contributed by atoms with E-state index in [1.54, 1.807) is 7.11 Å². The molecule has 1 aliphatic rings. The molecule has 0 radical (unpaired) electrons. The minimum Gasteiger partial charge on any atom is -0.382 e. The van der Waals surface area contributed by atoms with Gasteiger partial charge in [0.05, 0.1) is 6.10 Å². The molecular formula is C12H24N2O2. The van der Waals surface area contributed by atoms with Crippen LogP contribution in [-0.4, -0.2) is 38.3 Å². The fraction of sp³-hybridized carbons (Fsp3) is 0.917. The zero-order valence-electron chi connectivity index (χ0n) is 10.6. The molecule has 3 unspecified atom stereocenters. The van der Waals surface area contributed by atoms with E-state index < -0.39 is 0 Å². The van der Waals surface area contributed by atoms with Gasteiger partial charge >= 0.3 is 0 Å². The highest BCUT2D eigenvalue weighted by Crippen LogP contribution is 2.11. The molecule has 0 saturated carbocycles. The van der Waals surface area contributed by atoms with Crippen molar-refractivity contribution >= 4 is 5.91 Å². The monoisotopic (exact) mass is 228 g/mol. The van der Waals surface area contributed by atoms with Crippen molar-refractivity contribution < 1.29 is 9.53 Å². The minimum absolute atomic E-state index is 0.143. The Morgan fingerprint density at radius 3 is 3.00 bits per heavy atom.